The molecule has 3 aromatic rings. The van der Waals surface area contributed by atoms with Gasteiger partial charge in [-0.15, -0.1) is 0 Å². The molecule has 0 spiro atoms. The zero-order valence-corrected chi connectivity index (χ0v) is 17.5. The average Bonchev–Trinajstić information content (AvgIpc) is 3.24. The number of aromatic nitrogens is 2. The molecule has 3 unspecified atom stereocenters. The predicted octanol–water partition coefficient (Wildman–Crippen LogP) is 2.48. The Morgan fingerprint density at radius 3 is 2.84 bits per heavy atom. The van der Waals surface area contributed by atoms with Gasteiger partial charge in [-0.1, -0.05) is 36.4 Å². The van der Waals surface area contributed by atoms with E-state index in [0.717, 1.165) is 17.1 Å². The van der Waals surface area contributed by atoms with Gasteiger partial charge in [0.2, 0.25) is 0 Å². The van der Waals surface area contributed by atoms with Gasteiger partial charge in [-0.25, -0.2) is 9.88 Å². The van der Waals surface area contributed by atoms with Crippen molar-refractivity contribution in [1.29, 1.82) is 0 Å². The molecular weight excluding hydrogens is 421 g/mol. The number of aldehydes is 1. The van der Waals surface area contributed by atoms with E-state index in [1.165, 1.54) is 16.8 Å². The third-order valence-electron chi connectivity index (χ3n) is 4.86. The van der Waals surface area contributed by atoms with Gasteiger partial charge in [0.25, 0.3) is 5.56 Å². The molecule has 1 saturated heterocycles. The van der Waals surface area contributed by atoms with Crippen LogP contribution in [0.15, 0.2) is 64.3 Å². The predicted molar refractivity (Wildman–Crippen MR) is 116 cm³/mol. The normalized spacial score (nSPS) is 19.4. The van der Waals surface area contributed by atoms with Crippen molar-refractivity contribution in [3.05, 3.63) is 75.6 Å². The summed E-state index contributed by atoms with van der Waals surface area (Å²) in [4.78, 5) is 36.3. The number of ether oxygens (including phenoxy) is 1. The lowest BCUT2D eigenvalue weighted by Crippen LogP contribution is -2.31. The fourth-order valence-corrected chi connectivity index (χ4v) is 4.47. The molecule has 0 aliphatic carbocycles. The molecule has 3 atom stereocenters. The minimum absolute atomic E-state index is 0.0946. The molecule has 2 aromatic carbocycles. The lowest BCUT2D eigenvalue weighted by atomic mass is 10.1. The van der Waals surface area contributed by atoms with Crippen LogP contribution in [0.3, 0.4) is 0 Å². The van der Waals surface area contributed by atoms with Gasteiger partial charge in [-0.05, 0) is 24.3 Å². The second kappa shape index (κ2) is 9.98. The van der Waals surface area contributed by atoms with Crippen LogP contribution in [0, 0.1) is 0 Å². The lowest BCUT2D eigenvalue weighted by molar-refractivity contribution is -0.106. The quantitative estimate of drug-likeness (QED) is 0.386. The summed E-state index contributed by atoms with van der Waals surface area (Å²) < 4.78 is 19.3. The molecule has 0 amide bonds. The van der Waals surface area contributed by atoms with Gasteiger partial charge in [-0.3, -0.25) is 14.3 Å². The number of fused-ring (bicyclic) bond motifs is 1. The minimum atomic E-state index is -1.59. The highest BCUT2D eigenvalue weighted by Gasteiger charge is 2.29. The van der Waals surface area contributed by atoms with E-state index < -0.39 is 26.0 Å². The van der Waals surface area contributed by atoms with Crippen LogP contribution < -0.4 is 20.9 Å². The largest absolute Gasteiger partial charge is 0.435 e. The van der Waals surface area contributed by atoms with Crippen LogP contribution in [0.5, 0.6) is 5.75 Å². The van der Waals surface area contributed by atoms with Gasteiger partial charge < -0.3 is 18.6 Å². The van der Waals surface area contributed by atoms with Gasteiger partial charge in [0, 0.05) is 17.6 Å². The maximum atomic E-state index is 12.0. The molecule has 1 aliphatic heterocycles. The van der Waals surface area contributed by atoms with E-state index >= 15 is 0 Å². The molecule has 1 fully saturated rings. The molecule has 0 bridgehead atoms. The molecule has 31 heavy (non-hydrogen) atoms. The van der Waals surface area contributed by atoms with E-state index in [9.17, 15) is 14.4 Å². The first kappa shape index (κ1) is 21.4. The number of nitrogens with zero attached hydrogens (tertiary/aromatic N) is 1. The Labute approximate surface area is 178 Å². The molecule has 2 N–H and O–H groups in total. The first-order valence-corrected chi connectivity index (χ1v) is 11.0. The number of benzene rings is 2. The first-order chi connectivity index (χ1) is 15.1. The van der Waals surface area contributed by atoms with Crippen molar-refractivity contribution in [3.63, 3.8) is 0 Å². The molecule has 1 aromatic heterocycles. The lowest BCUT2D eigenvalue weighted by Gasteiger charge is -2.21. The summed E-state index contributed by atoms with van der Waals surface area (Å²) in [6, 6.07) is 14.9. The second-order valence-electron chi connectivity index (χ2n) is 6.96. The van der Waals surface area contributed by atoms with Crippen molar-refractivity contribution in [2.45, 2.75) is 25.2 Å². The average molecular weight is 443 g/mol. The zero-order chi connectivity index (χ0) is 21.6. The number of hydrogen-bond donors (Lipinski definition) is 2. The van der Waals surface area contributed by atoms with Gasteiger partial charge in [0.1, 0.15) is 18.3 Å². The zero-order valence-electron chi connectivity index (χ0n) is 16.6. The summed E-state index contributed by atoms with van der Waals surface area (Å²) in [5.74, 6) is 0.660. The Morgan fingerprint density at radius 1 is 1.16 bits per heavy atom. The van der Waals surface area contributed by atoms with E-state index in [1.54, 1.807) is 0 Å². The van der Waals surface area contributed by atoms with Gasteiger partial charge in [0.15, 0.2) is 0 Å². The molecule has 4 rings (SSSR count). The van der Waals surface area contributed by atoms with Crippen LogP contribution in [0.25, 0.3) is 10.8 Å². The minimum Gasteiger partial charge on any atom is -0.435 e. The van der Waals surface area contributed by atoms with Crippen LogP contribution in [0.2, 0.25) is 0 Å². The number of carbonyl (C=O) groups excluding carboxylic acids is 1. The number of H-pyrrole nitrogens is 1. The van der Waals surface area contributed by atoms with E-state index in [-0.39, 0.29) is 19.3 Å². The Kier molecular flexibility index (Phi) is 6.89. The van der Waals surface area contributed by atoms with Crippen LogP contribution >= 0.6 is 8.53 Å². The Hall–Kier alpha value is -2.84. The summed E-state index contributed by atoms with van der Waals surface area (Å²) in [6.07, 6.45) is 2.76. The number of hydrogen-bond acceptors (Lipinski definition) is 7. The Morgan fingerprint density at radius 2 is 2.00 bits per heavy atom. The van der Waals surface area contributed by atoms with E-state index in [0.29, 0.717) is 18.6 Å². The third-order valence-corrected chi connectivity index (χ3v) is 6.05. The topological polar surface area (TPSA) is 112 Å². The monoisotopic (exact) mass is 443 g/mol. The maximum absolute atomic E-state index is 12.0. The number of carbonyl (C=O) groups is 1. The second-order valence-corrected chi connectivity index (χ2v) is 8.23. The number of aromatic amines is 1. The van der Waals surface area contributed by atoms with Gasteiger partial charge in [0.05, 0.1) is 19.3 Å². The molecule has 0 saturated carbocycles. The van der Waals surface area contributed by atoms with E-state index in [1.807, 2.05) is 42.5 Å². The van der Waals surface area contributed by atoms with Crippen molar-refractivity contribution in [3.8, 4) is 5.75 Å². The standard InChI is InChI=1S/C21H22N3O6P/c25-13-11-22-31(30-18-7-3-5-15-4-1-2-6-17(15)18)28-14-16-8-9-20(29-16)24-12-10-19(26)23-21(24)27/h1-7,10,12-13,16,20,22H,8-9,11,14H2,(H,23,26,27). The highest BCUT2D eigenvalue weighted by molar-refractivity contribution is 7.45. The van der Waals surface area contributed by atoms with Gasteiger partial charge >= 0.3 is 14.2 Å². The Bertz CT molecular complexity index is 1160. The summed E-state index contributed by atoms with van der Waals surface area (Å²) >= 11 is 0. The van der Waals surface area contributed by atoms with Crippen molar-refractivity contribution in [2.24, 2.45) is 0 Å². The Balaban J connectivity index is 1.40. The van der Waals surface area contributed by atoms with Crippen molar-refractivity contribution >= 4 is 25.6 Å². The van der Waals surface area contributed by atoms with Gasteiger partial charge in [-0.2, -0.15) is 0 Å². The number of rotatable bonds is 9. The highest BCUT2D eigenvalue weighted by atomic mass is 31.2. The highest BCUT2D eigenvalue weighted by Crippen LogP contribution is 2.39. The van der Waals surface area contributed by atoms with E-state index in [2.05, 4.69) is 10.1 Å². The molecule has 162 valence electrons. The van der Waals surface area contributed by atoms with Crippen molar-refractivity contribution < 1.29 is 18.6 Å². The SMILES string of the molecule is O=CCNP(OCC1CCC(n2ccc(=O)[nH]c2=O)O1)Oc1cccc2ccccc12. The smallest absolute Gasteiger partial charge is 0.330 e. The molecule has 2 heterocycles. The number of nitrogens with one attached hydrogen (secondary N) is 2. The molecule has 0 radical (unpaired) electrons. The maximum Gasteiger partial charge on any atom is 0.330 e. The van der Waals surface area contributed by atoms with Crippen LogP contribution in [0.1, 0.15) is 19.1 Å². The molecule has 1 aliphatic rings. The van der Waals surface area contributed by atoms with Crippen LogP contribution in [-0.4, -0.2) is 35.1 Å². The summed E-state index contributed by atoms with van der Waals surface area (Å²) in [5.41, 5.74) is -0.954. The summed E-state index contributed by atoms with van der Waals surface area (Å²) in [6.45, 7) is 0.328. The van der Waals surface area contributed by atoms with Crippen LogP contribution in [-0.2, 0) is 14.1 Å². The van der Waals surface area contributed by atoms with Crippen LogP contribution in [0.4, 0.5) is 0 Å². The fraction of sp³-hybridized carbons (Fsp3) is 0.286. The third kappa shape index (κ3) is 5.26. The summed E-state index contributed by atoms with van der Waals surface area (Å²) in [5, 5.41) is 4.95. The molecule has 9 nitrogen and oxygen atoms in total. The first-order valence-electron chi connectivity index (χ1n) is 9.87. The van der Waals surface area contributed by atoms with E-state index in [4.69, 9.17) is 13.8 Å². The molecular formula is C21H22N3O6P. The molecule has 10 heteroatoms. The summed E-state index contributed by atoms with van der Waals surface area (Å²) in [7, 11) is -1.59. The van der Waals surface area contributed by atoms with Crippen molar-refractivity contribution in [1.82, 2.24) is 14.6 Å². The van der Waals surface area contributed by atoms with Crippen molar-refractivity contribution in [2.75, 3.05) is 13.2 Å². The fourth-order valence-electron chi connectivity index (χ4n) is 3.40.